The lowest BCUT2D eigenvalue weighted by atomic mass is 10.1. The maximum absolute atomic E-state index is 12.5. The summed E-state index contributed by atoms with van der Waals surface area (Å²) in [4.78, 5) is 29.0. The van der Waals surface area contributed by atoms with Gasteiger partial charge in [0.15, 0.2) is 5.70 Å². The van der Waals surface area contributed by atoms with Crippen LogP contribution in [-0.2, 0) is 9.53 Å². The smallest absolute Gasteiger partial charge is 0.363 e. The van der Waals surface area contributed by atoms with Gasteiger partial charge in [-0.3, -0.25) is 4.79 Å². The normalized spacial score (nSPS) is 14.4. The molecule has 30 heavy (non-hydrogen) atoms. The van der Waals surface area contributed by atoms with Gasteiger partial charge < -0.3 is 10.1 Å². The average molecular weight is 417 g/mol. The molecule has 148 valence electrons. The van der Waals surface area contributed by atoms with E-state index in [2.05, 4.69) is 10.3 Å². The van der Waals surface area contributed by atoms with Gasteiger partial charge >= 0.3 is 5.97 Å². The number of hydrogen-bond donors (Lipinski definition) is 1. The summed E-state index contributed by atoms with van der Waals surface area (Å²) in [5.41, 5.74) is 3.64. The summed E-state index contributed by atoms with van der Waals surface area (Å²) < 4.78 is 5.31. The van der Waals surface area contributed by atoms with E-state index in [1.807, 2.05) is 37.3 Å². The van der Waals surface area contributed by atoms with Crippen LogP contribution in [0.2, 0.25) is 5.02 Å². The Morgan fingerprint density at radius 1 is 1.03 bits per heavy atom. The molecule has 0 bridgehead atoms. The van der Waals surface area contributed by atoms with E-state index in [1.165, 1.54) is 0 Å². The highest BCUT2D eigenvalue weighted by Gasteiger charge is 2.24. The monoisotopic (exact) mass is 416 g/mol. The Kier molecular flexibility index (Phi) is 5.46. The summed E-state index contributed by atoms with van der Waals surface area (Å²) in [6, 6.07) is 21.5. The third-order valence-corrected chi connectivity index (χ3v) is 4.78. The minimum absolute atomic E-state index is 0.195. The zero-order valence-corrected chi connectivity index (χ0v) is 16.8. The van der Waals surface area contributed by atoms with Gasteiger partial charge in [0.05, 0.1) is 10.6 Å². The molecule has 6 heteroatoms. The van der Waals surface area contributed by atoms with Crippen LogP contribution < -0.4 is 5.32 Å². The molecule has 1 heterocycles. The van der Waals surface area contributed by atoms with Gasteiger partial charge in [-0.25, -0.2) is 9.79 Å². The van der Waals surface area contributed by atoms with Gasteiger partial charge in [-0.1, -0.05) is 53.6 Å². The van der Waals surface area contributed by atoms with E-state index < -0.39 is 5.97 Å². The van der Waals surface area contributed by atoms with Crippen molar-refractivity contribution in [2.45, 2.75) is 6.92 Å². The lowest BCUT2D eigenvalue weighted by Crippen LogP contribution is -2.12. The number of ether oxygens (including phenoxy) is 1. The first-order valence-corrected chi connectivity index (χ1v) is 9.63. The Hall–Kier alpha value is -3.70. The molecule has 3 aromatic rings. The number of nitrogens with zero attached hydrogens (tertiary/aromatic N) is 1. The Balaban J connectivity index is 1.57. The topological polar surface area (TPSA) is 67.8 Å². The largest absolute Gasteiger partial charge is 0.402 e. The van der Waals surface area contributed by atoms with Gasteiger partial charge in [-0.2, -0.15) is 0 Å². The van der Waals surface area contributed by atoms with Crippen LogP contribution in [0.5, 0.6) is 0 Å². The predicted molar refractivity (Wildman–Crippen MR) is 118 cm³/mol. The summed E-state index contributed by atoms with van der Waals surface area (Å²) in [5.74, 6) is -0.555. The summed E-state index contributed by atoms with van der Waals surface area (Å²) in [7, 11) is 0. The molecule has 1 amide bonds. The minimum atomic E-state index is -0.517. The molecule has 0 radical (unpaired) electrons. The second-order valence-electron chi connectivity index (χ2n) is 6.76. The molecule has 0 saturated heterocycles. The van der Waals surface area contributed by atoms with E-state index >= 15 is 0 Å². The molecule has 0 saturated carbocycles. The quantitative estimate of drug-likeness (QED) is 0.466. The van der Waals surface area contributed by atoms with Crippen LogP contribution in [0.3, 0.4) is 0 Å². The van der Waals surface area contributed by atoms with Gasteiger partial charge in [-0.15, -0.1) is 0 Å². The minimum Gasteiger partial charge on any atom is -0.402 e. The van der Waals surface area contributed by atoms with Gasteiger partial charge in [-0.05, 0) is 55.0 Å². The molecule has 1 N–H and O–H groups in total. The fourth-order valence-corrected chi connectivity index (χ4v) is 3.24. The van der Waals surface area contributed by atoms with Crippen molar-refractivity contribution in [3.05, 3.63) is 106 Å². The molecule has 3 aromatic carbocycles. The number of aryl methyl sites for hydroxylation is 1. The first-order valence-electron chi connectivity index (χ1n) is 9.25. The van der Waals surface area contributed by atoms with Gasteiger partial charge in [0.2, 0.25) is 5.90 Å². The molecule has 0 fully saturated rings. The van der Waals surface area contributed by atoms with Crippen molar-refractivity contribution >= 4 is 41.1 Å². The molecule has 0 aromatic heterocycles. The third kappa shape index (κ3) is 4.31. The number of nitrogens with one attached hydrogen (secondary N) is 1. The number of halogens is 1. The Bertz CT molecular complexity index is 1210. The summed E-state index contributed by atoms with van der Waals surface area (Å²) >= 11 is 6.08. The van der Waals surface area contributed by atoms with Crippen molar-refractivity contribution < 1.29 is 14.3 Å². The second kappa shape index (κ2) is 8.35. The number of carbonyl (C=O) groups excluding carboxylic acids is 2. The summed E-state index contributed by atoms with van der Waals surface area (Å²) in [5, 5.41) is 3.19. The third-order valence-electron chi connectivity index (χ3n) is 4.45. The molecular weight excluding hydrogens is 400 g/mol. The number of carbonyl (C=O) groups is 2. The maximum atomic E-state index is 12.5. The molecule has 5 nitrogen and oxygen atoms in total. The van der Waals surface area contributed by atoms with Crippen LogP contribution in [0.1, 0.15) is 27.0 Å². The number of cyclic esters (lactones) is 1. The zero-order valence-electron chi connectivity index (χ0n) is 16.1. The molecule has 0 aliphatic carbocycles. The number of anilines is 1. The molecule has 0 unspecified atom stereocenters. The van der Waals surface area contributed by atoms with Crippen LogP contribution in [0.25, 0.3) is 6.08 Å². The fraction of sp³-hybridized carbons (Fsp3) is 0.0417. The standard InChI is InChI=1S/C24H17ClN2O3/c1-15-6-4-8-17(12-15)23-27-21(24(29)30-23)14-16-7-5-9-18(13-16)26-22(28)19-10-2-3-11-20(19)25/h2-14H,1H3,(H,26,28)/b21-14-. The highest BCUT2D eigenvalue weighted by Crippen LogP contribution is 2.22. The number of esters is 1. The van der Waals surface area contributed by atoms with Crippen LogP contribution in [0.4, 0.5) is 5.69 Å². The lowest BCUT2D eigenvalue weighted by Gasteiger charge is -2.07. The van der Waals surface area contributed by atoms with Gasteiger partial charge in [0, 0.05) is 11.3 Å². The number of hydrogen-bond acceptors (Lipinski definition) is 4. The number of benzene rings is 3. The Morgan fingerprint density at radius 3 is 2.63 bits per heavy atom. The highest BCUT2D eigenvalue weighted by atomic mass is 35.5. The Morgan fingerprint density at radius 2 is 1.83 bits per heavy atom. The maximum Gasteiger partial charge on any atom is 0.363 e. The summed E-state index contributed by atoms with van der Waals surface area (Å²) in [6.45, 7) is 1.96. The van der Waals surface area contributed by atoms with E-state index in [0.717, 1.165) is 11.1 Å². The van der Waals surface area contributed by atoms with E-state index in [-0.39, 0.29) is 17.5 Å². The number of rotatable bonds is 4. The highest BCUT2D eigenvalue weighted by molar-refractivity contribution is 6.34. The Labute approximate surface area is 178 Å². The molecular formula is C24H17ClN2O3. The van der Waals surface area contributed by atoms with Crippen LogP contribution in [0, 0.1) is 6.92 Å². The first kappa shape index (κ1) is 19.6. The molecule has 1 aliphatic rings. The van der Waals surface area contributed by atoms with E-state index in [1.54, 1.807) is 48.5 Å². The van der Waals surface area contributed by atoms with Crippen LogP contribution in [-0.4, -0.2) is 17.8 Å². The lowest BCUT2D eigenvalue weighted by molar-refractivity contribution is -0.129. The fourth-order valence-electron chi connectivity index (χ4n) is 3.02. The zero-order chi connectivity index (χ0) is 21.1. The molecule has 1 aliphatic heterocycles. The van der Waals surface area contributed by atoms with Crippen molar-refractivity contribution in [3.8, 4) is 0 Å². The first-order chi connectivity index (χ1) is 14.5. The van der Waals surface area contributed by atoms with Crippen molar-refractivity contribution in [1.29, 1.82) is 0 Å². The van der Waals surface area contributed by atoms with E-state index in [9.17, 15) is 9.59 Å². The van der Waals surface area contributed by atoms with Gasteiger partial charge in [0.1, 0.15) is 0 Å². The van der Waals surface area contributed by atoms with E-state index in [4.69, 9.17) is 16.3 Å². The van der Waals surface area contributed by atoms with Crippen molar-refractivity contribution in [1.82, 2.24) is 0 Å². The van der Waals surface area contributed by atoms with Crippen molar-refractivity contribution in [2.24, 2.45) is 4.99 Å². The summed E-state index contributed by atoms with van der Waals surface area (Å²) in [6.07, 6.45) is 1.62. The van der Waals surface area contributed by atoms with Crippen molar-refractivity contribution in [2.75, 3.05) is 5.32 Å². The van der Waals surface area contributed by atoms with E-state index in [0.29, 0.717) is 21.8 Å². The molecule has 0 spiro atoms. The predicted octanol–water partition coefficient (Wildman–Crippen LogP) is 5.25. The van der Waals surface area contributed by atoms with Crippen LogP contribution >= 0.6 is 11.6 Å². The van der Waals surface area contributed by atoms with Gasteiger partial charge in [0.25, 0.3) is 5.91 Å². The average Bonchev–Trinajstić information content (AvgIpc) is 3.09. The number of aliphatic imine (C=N–C) groups is 1. The van der Waals surface area contributed by atoms with Crippen LogP contribution in [0.15, 0.2) is 83.5 Å². The molecule has 4 rings (SSSR count). The van der Waals surface area contributed by atoms with Crippen molar-refractivity contribution in [3.63, 3.8) is 0 Å². The SMILES string of the molecule is Cc1cccc(C2=N/C(=C\c3cccc(NC(=O)c4ccccc4Cl)c3)C(=O)O2)c1. The second-order valence-corrected chi connectivity index (χ2v) is 7.17. The molecule has 0 atom stereocenters. The number of amides is 1.